The molecule has 1 aromatic carbocycles. The maximum absolute atomic E-state index is 10.8. The Hall–Kier alpha value is 0.120. The molecule has 6 heteroatoms. The molecule has 0 N–H and O–H groups in total. The Kier molecular flexibility index (Phi) is 3.30. The molecule has 0 unspecified atom stereocenters. The van der Waals surface area contributed by atoms with Gasteiger partial charge in [0.15, 0.2) is 0 Å². The first-order valence-corrected chi connectivity index (χ1v) is 6.74. The number of hydrogen-bond acceptors (Lipinski definition) is 2. The Morgan fingerprint density at radius 3 is 2.33 bits per heavy atom. The van der Waals surface area contributed by atoms with Crippen LogP contribution >= 0.6 is 40.2 Å². The highest BCUT2D eigenvalue weighted by Crippen LogP contribution is 2.57. The Morgan fingerprint density at radius 2 is 1.83 bits per heavy atom. The van der Waals surface area contributed by atoms with E-state index in [-0.39, 0.29) is 5.75 Å². The third kappa shape index (κ3) is 3.24. The van der Waals surface area contributed by atoms with Crippen LogP contribution in [0.3, 0.4) is 0 Å². The fourth-order valence-corrected chi connectivity index (χ4v) is 1.70. The SMILES string of the molecule is O=P(Cl)(Cl)Oc1ccccc1Cl. The smallest absolute Gasteiger partial charge is 0.421 e. The lowest BCUT2D eigenvalue weighted by atomic mass is 10.3. The van der Waals surface area contributed by atoms with E-state index in [1.165, 1.54) is 6.07 Å². The van der Waals surface area contributed by atoms with Gasteiger partial charge < -0.3 is 4.52 Å². The van der Waals surface area contributed by atoms with E-state index in [0.717, 1.165) is 0 Å². The van der Waals surface area contributed by atoms with Gasteiger partial charge >= 0.3 is 6.07 Å². The van der Waals surface area contributed by atoms with Gasteiger partial charge in [-0.15, -0.1) is 0 Å². The van der Waals surface area contributed by atoms with Crippen LogP contribution in [-0.2, 0) is 4.57 Å². The summed E-state index contributed by atoms with van der Waals surface area (Å²) >= 11 is 16.0. The van der Waals surface area contributed by atoms with Crippen LogP contribution in [0.15, 0.2) is 24.3 Å². The molecule has 0 aliphatic carbocycles. The topological polar surface area (TPSA) is 26.3 Å². The van der Waals surface area contributed by atoms with Gasteiger partial charge in [0, 0.05) is 22.5 Å². The van der Waals surface area contributed by atoms with Crippen LogP contribution in [0.5, 0.6) is 5.75 Å². The van der Waals surface area contributed by atoms with Crippen LogP contribution in [0.2, 0.25) is 5.02 Å². The molecule has 0 aromatic heterocycles. The monoisotopic (exact) mass is 244 g/mol. The van der Waals surface area contributed by atoms with Crippen molar-refractivity contribution in [1.82, 2.24) is 0 Å². The van der Waals surface area contributed by atoms with Gasteiger partial charge in [-0.05, 0) is 12.1 Å². The van der Waals surface area contributed by atoms with E-state index in [1.807, 2.05) is 0 Å². The number of halogens is 3. The summed E-state index contributed by atoms with van der Waals surface area (Å²) in [5.74, 6) is 0.215. The Bertz CT molecular complexity index is 322. The van der Waals surface area contributed by atoms with Gasteiger partial charge in [0.2, 0.25) is 0 Å². The fraction of sp³-hybridized carbons (Fsp3) is 0. The predicted molar refractivity (Wildman–Crippen MR) is 51.4 cm³/mol. The first-order chi connectivity index (χ1) is 5.49. The second-order valence-electron chi connectivity index (χ2n) is 1.94. The number of benzene rings is 1. The molecular weight excluding hydrogens is 241 g/mol. The second-order valence-corrected chi connectivity index (χ2v) is 6.54. The van der Waals surface area contributed by atoms with Crippen molar-refractivity contribution < 1.29 is 9.09 Å². The first kappa shape index (κ1) is 10.2. The second kappa shape index (κ2) is 3.89. The van der Waals surface area contributed by atoms with E-state index in [2.05, 4.69) is 4.52 Å². The molecule has 0 amide bonds. The first-order valence-electron chi connectivity index (χ1n) is 2.92. The van der Waals surface area contributed by atoms with Crippen molar-refractivity contribution >= 4 is 40.2 Å². The van der Waals surface area contributed by atoms with E-state index in [4.69, 9.17) is 34.1 Å². The van der Waals surface area contributed by atoms with Crippen molar-refractivity contribution in [2.75, 3.05) is 0 Å². The van der Waals surface area contributed by atoms with Crippen molar-refractivity contribution in [3.63, 3.8) is 0 Å². The van der Waals surface area contributed by atoms with Crippen LogP contribution < -0.4 is 4.52 Å². The summed E-state index contributed by atoms with van der Waals surface area (Å²) in [6.45, 7) is 0. The van der Waals surface area contributed by atoms with Crippen LogP contribution in [0, 0.1) is 0 Å². The molecule has 0 spiro atoms. The number of rotatable bonds is 2. The summed E-state index contributed by atoms with van der Waals surface area (Å²) in [5.41, 5.74) is 0. The van der Waals surface area contributed by atoms with Gasteiger partial charge in [0.25, 0.3) is 0 Å². The zero-order valence-corrected chi connectivity index (χ0v) is 8.87. The maximum Gasteiger partial charge on any atom is 0.428 e. The molecule has 66 valence electrons. The van der Waals surface area contributed by atoms with Crippen molar-refractivity contribution in [3.8, 4) is 5.75 Å². The molecule has 0 radical (unpaired) electrons. The lowest BCUT2D eigenvalue weighted by Crippen LogP contribution is -1.81. The third-order valence-electron chi connectivity index (χ3n) is 1.04. The molecule has 0 heterocycles. The molecule has 1 aromatic rings. The Labute approximate surface area is 84.4 Å². The van der Waals surface area contributed by atoms with Crippen molar-refractivity contribution in [2.24, 2.45) is 0 Å². The highest BCUT2D eigenvalue weighted by Gasteiger charge is 2.17. The molecule has 0 atom stereocenters. The van der Waals surface area contributed by atoms with E-state index >= 15 is 0 Å². The van der Waals surface area contributed by atoms with Crippen molar-refractivity contribution in [3.05, 3.63) is 29.3 Å². The molecule has 0 saturated carbocycles. The van der Waals surface area contributed by atoms with E-state index in [9.17, 15) is 4.57 Å². The molecule has 1 rings (SSSR count). The normalized spacial score (nSPS) is 11.2. The average molecular weight is 245 g/mol. The van der Waals surface area contributed by atoms with E-state index < -0.39 is 6.07 Å². The van der Waals surface area contributed by atoms with Crippen LogP contribution in [0.25, 0.3) is 0 Å². The fourth-order valence-electron chi connectivity index (χ4n) is 0.633. The largest absolute Gasteiger partial charge is 0.428 e. The van der Waals surface area contributed by atoms with Crippen LogP contribution in [0.4, 0.5) is 0 Å². The quantitative estimate of drug-likeness (QED) is 0.726. The van der Waals surface area contributed by atoms with Gasteiger partial charge in [-0.2, -0.15) is 0 Å². The Morgan fingerprint density at radius 1 is 1.25 bits per heavy atom. The molecule has 0 fully saturated rings. The zero-order chi connectivity index (χ0) is 9.19. The van der Waals surface area contributed by atoms with Gasteiger partial charge in [-0.3, -0.25) is 0 Å². The summed E-state index contributed by atoms with van der Waals surface area (Å²) in [5, 5.41) is 0.319. The van der Waals surface area contributed by atoms with Gasteiger partial charge in [0.05, 0.1) is 5.02 Å². The molecule has 0 aliphatic heterocycles. The van der Waals surface area contributed by atoms with Crippen LogP contribution in [0.1, 0.15) is 0 Å². The molecule has 0 aliphatic rings. The van der Waals surface area contributed by atoms with E-state index in [0.29, 0.717) is 5.02 Å². The zero-order valence-electron chi connectivity index (χ0n) is 5.71. The number of hydrogen-bond donors (Lipinski definition) is 0. The number of para-hydroxylation sites is 1. The minimum absolute atomic E-state index is 0.215. The van der Waals surface area contributed by atoms with Gasteiger partial charge in [-0.1, -0.05) is 23.7 Å². The minimum atomic E-state index is -3.55. The lowest BCUT2D eigenvalue weighted by molar-refractivity contribution is 0.513. The molecular formula is C6H4Cl3O2P. The minimum Gasteiger partial charge on any atom is -0.421 e. The Balaban J connectivity index is 2.90. The van der Waals surface area contributed by atoms with Crippen molar-refractivity contribution in [2.45, 2.75) is 0 Å². The van der Waals surface area contributed by atoms with Crippen LogP contribution in [-0.4, -0.2) is 0 Å². The summed E-state index contributed by atoms with van der Waals surface area (Å²) in [6, 6.07) is 6.49. The predicted octanol–water partition coefficient (Wildman–Crippen LogP) is 4.30. The standard InChI is InChI=1S/C6H4Cl3O2P/c7-5-3-1-2-4-6(5)11-12(8,9)10/h1-4H. The highest BCUT2D eigenvalue weighted by atomic mass is 35.9. The summed E-state index contributed by atoms with van der Waals surface area (Å²) in [6.07, 6.45) is -3.55. The van der Waals surface area contributed by atoms with Gasteiger partial charge in [-0.25, -0.2) is 4.57 Å². The third-order valence-corrected chi connectivity index (χ3v) is 2.18. The average Bonchev–Trinajstić information content (AvgIpc) is 1.91. The molecule has 2 nitrogen and oxygen atoms in total. The lowest BCUT2D eigenvalue weighted by Gasteiger charge is -2.06. The molecule has 0 saturated heterocycles. The summed E-state index contributed by atoms with van der Waals surface area (Å²) in [7, 11) is 0. The molecule has 0 bridgehead atoms. The van der Waals surface area contributed by atoms with E-state index in [1.54, 1.807) is 18.2 Å². The van der Waals surface area contributed by atoms with Gasteiger partial charge in [0.1, 0.15) is 5.75 Å². The summed E-state index contributed by atoms with van der Waals surface area (Å²) in [4.78, 5) is 0. The highest BCUT2D eigenvalue weighted by molar-refractivity contribution is 8.05. The summed E-state index contributed by atoms with van der Waals surface area (Å²) < 4.78 is 15.5. The molecule has 12 heavy (non-hydrogen) atoms. The van der Waals surface area contributed by atoms with Crippen molar-refractivity contribution in [1.29, 1.82) is 0 Å². The maximum atomic E-state index is 10.8.